The van der Waals surface area contributed by atoms with E-state index in [4.69, 9.17) is 0 Å². The molecule has 2 unspecified atom stereocenters. The van der Waals surface area contributed by atoms with Gasteiger partial charge < -0.3 is 0 Å². The Morgan fingerprint density at radius 1 is 1.00 bits per heavy atom. The van der Waals surface area contributed by atoms with E-state index in [1.54, 1.807) is 0 Å². The number of carbonyl (C=O) groups is 1. The first-order valence-corrected chi connectivity index (χ1v) is 13.5. The number of quaternary nitrogens is 1. The number of hydrogen-bond donors (Lipinski definition) is 0. The van der Waals surface area contributed by atoms with Gasteiger partial charge in [0.25, 0.3) is 0 Å². The number of allylic oxidation sites excluding steroid dienone is 2. The molecule has 3 aromatic rings. The molecular weight excluding hydrogens is 507 g/mol. The normalized spacial score (nSPS) is 21.2. The van der Waals surface area contributed by atoms with Crippen molar-refractivity contribution < 1.29 is 4.79 Å². The Kier molecular flexibility index (Phi) is 7.24. The quantitative estimate of drug-likeness (QED) is 0.346. The summed E-state index contributed by atoms with van der Waals surface area (Å²) < 4.78 is 1.72. The zero-order chi connectivity index (χ0) is 25.1. The zero-order valence-electron chi connectivity index (χ0n) is 20.9. The summed E-state index contributed by atoms with van der Waals surface area (Å²) in [5.41, 5.74) is 5.23. The van der Waals surface area contributed by atoms with Gasteiger partial charge in [0.05, 0.1) is 0 Å². The van der Waals surface area contributed by atoms with E-state index >= 15 is 0 Å². The van der Waals surface area contributed by atoms with Crippen LogP contribution in [0.5, 0.6) is 0 Å². The standard InChI is InChI=1S/C30H32AsN4O/c1-23(35(20-8-11-25(31)22-35)26-12-7-15-32-21-26)29-27(24-9-4-3-5-10-24)13-6-14-28(29)30(36)34-18-16-33(2)17-19-34/h3-15,21-23H,16-20H2,1-2H3/q+1. The number of benzene rings is 2. The molecule has 2 aliphatic rings. The van der Waals surface area contributed by atoms with Crippen LogP contribution in [-0.2, 0) is 0 Å². The number of hydrogen-bond acceptors (Lipinski definition) is 3. The molecule has 0 aliphatic carbocycles. The third-order valence-electron chi connectivity index (χ3n) is 7.51. The predicted molar refractivity (Wildman–Crippen MR) is 148 cm³/mol. The molecule has 0 saturated carbocycles. The number of amides is 1. The van der Waals surface area contributed by atoms with Crippen LogP contribution in [0, 0.1) is 0 Å². The Morgan fingerprint density at radius 3 is 2.47 bits per heavy atom. The molecule has 36 heavy (non-hydrogen) atoms. The monoisotopic (exact) mass is 539 g/mol. The van der Waals surface area contributed by atoms with Gasteiger partial charge in [0, 0.05) is 0 Å². The molecule has 5 rings (SSSR count). The molecule has 2 atom stereocenters. The van der Waals surface area contributed by atoms with Gasteiger partial charge in [-0.3, -0.25) is 0 Å². The first-order chi connectivity index (χ1) is 17.5. The summed E-state index contributed by atoms with van der Waals surface area (Å²) in [4.78, 5) is 22.8. The third kappa shape index (κ3) is 4.71. The van der Waals surface area contributed by atoms with Crippen LogP contribution in [0.4, 0.5) is 5.69 Å². The van der Waals surface area contributed by atoms with Crippen LogP contribution in [0.15, 0.2) is 95.8 Å². The number of piperazine rings is 1. The van der Waals surface area contributed by atoms with Crippen LogP contribution in [0.25, 0.3) is 11.1 Å². The van der Waals surface area contributed by atoms with Crippen LogP contribution in [0.2, 0.25) is 0 Å². The van der Waals surface area contributed by atoms with Crippen molar-refractivity contribution in [2.24, 2.45) is 0 Å². The van der Waals surface area contributed by atoms with Crippen molar-refractivity contribution in [3.05, 3.63) is 107 Å². The Morgan fingerprint density at radius 2 is 1.78 bits per heavy atom. The fourth-order valence-electron chi connectivity index (χ4n) is 5.43. The van der Waals surface area contributed by atoms with Gasteiger partial charge in [-0.15, -0.1) is 0 Å². The molecule has 3 heterocycles. The molecule has 2 aromatic carbocycles. The van der Waals surface area contributed by atoms with Crippen molar-refractivity contribution >= 4 is 28.4 Å². The van der Waals surface area contributed by atoms with Crippen molar-refractivity contribution in [2.75, 3.05) is 39.8 Å². The number of nitrogens with zero attached hydrogens (tertiary/aromatic N) is 4. The molecule has 2 radical (unpaired) electrons. The average Bonchev–Trinajstić information content (AvgIpc) is 2.93. The molecule has 6 heteroatoms. The summed E-state index contributed by atoms with van der Waals surface area (Å²) in [5, 5.41) is 0. The van der Waals surface area contributed by atoms with E-state index < -0.39 is 0 Å². The van der Waals surface area contributed by atoms with E-state index in [-0.39, 0.29) is 11.9 Å². The van der Waals surface area contributed by atoms with Gasteiger partial charge in [-0.05, 0) is 0 Å². The van der Waals surface area contributed by atoms with E-state index in [2.05, 4.69) is 95.5 Å². The first kappa shape index (κ1) is 24.7. The second kappa shape index (κ2) is 10.6. The molecule has 0 bridgehead atoms. The summed E-state index contributed by atoms with van der Waals surface area (Å²) in [6.45, 7) is 6.34. The van der Waals surface area contributed by atoms with Gasteiger partial charge in [0.1, 0.15) is 0 Å². The van der Waals surface area contributed by atoms with Crippen molar-refractivity contribution in [3.8, 4) is 11.1 Å². The number of likely N-dealkylation sites (N-methyl/N-ethyl adjacent to an activating group) is 1. The van der Waals surface area contributed by atoms with Gasteiger partial charge in [0.15, 0.2) is 0 Å². The van der Waals surface area contributed by atoms with Crippen LogP contribution in [0.3, 0.4) is 0 Å². The number of carbonyl (C=O) groups excluding carboxylic acids is 1. The third-order valence-corrected chi connectivity index (χ3v) is 8.06. The van der Waals surface area contributed by atoms with Crippen LogP contribution < -0.4 is 4.48 Å². The van der Waals surface area contributed by atoms with E-state index in [1.807, 2.05) is 41.6 Å². The Labute approximate surface area is 222 Å². The second-order valence-corrected chi connectivity index (χ2v) is 10.8. The van der Waals surface area contributed by atoms with Gasteiger partial charge in [-0.2, -0.15) is 0 Å². The summed E-state index contributed by atoms with van der Waals surface area (Å²) in [6.07, 6.45) is 10.5. The SMILES string of the molecule is CC(c1c(C(=O)N2CCN(C)CC2)cccc1-c1ccccc1)[N+]1(c2cccnc2)C=C([As])C=CC1. The van der Waals surface area contributed by atoms with Crippen molar-refractivity contribution in [1.82, 2.24) is 19.3 Å². The van der Waals surface area contributed by atoms with Gasteiger partial charge >= 0.3 is 223 Å². The Hall–Kier alpha value is -2.98. The molecule has 0 N–H and O–H groups in total. The Bertz CT molecular complexity index is 1280. The molecule has 1 aromatic heterocycles. The average molecular weight is 540 g/mol. The molecule has 0 spiro atoms. The molecule has 182 valence electrons. The molecule has 1 fully saturated rings. The van der Waals surface area contributed by atoms with E-state index in [9.17, 15) is 4.79 Å². The minimum atomic E-state index is -0.0267. The Balaban J connectivity index is 1.70. The molecule has 2 aliphatic heterocycles. The summed E-state index contributed by atoms with van der Waals surface area (Å²) >= 11 is 2.68. The van der Waals surface area contributed by atoms with Crippen LogP contribution >= 0.6 is 0 Å². The van der Waals surface area contributed by atoms with Crippen molar-refractivity contribution in [3.63, 3.8) is 0 Å². The molecule has 5 nitrogen and oxygen atoms in total. The van der Waals surface area contributed by atoms with Gasteiger partial charge in [-0.25, -0.2) is 0 Å². The number of pyridine rings is 1. The second-order valence-electron chi connectivity index (χ2n) is 9.68. The summed E-state index contributed by atoms with van der Waals surface area (Å²) in [7, 11) is 2.12. The fourth-order valence-corrected chi connectivity index (χ4v) is 6.09. The number of aromatic nitrogens is 1. The predicted octanol–water partition coefficient (Wildman–Crippen LogP) is 4.78. The maximum absolute atomic E-state index is 14.1. The molecular formula is C30H32AsN4O+. The zero-order valence-corrected chi connectivity index (χ0v) is 22.8. The topological polar surface area (TPSA) is 36.4 Å². The summed E-state index contributed by atoms with van der Waals surface area (Å²) in [5.74, 6) is 0.121. The van der Waals surface area contributed by atoms with Crippen LogP contribution in [0.1, 0.15) is 28.9 Å². The first-order valence-electron chi connectivity index (χ1n) is 12.5. The summed E-state index contributed by atoms with van der Waals surface area (Å²) in [6, 6.07) is 20.8. The van der Waals surface area contributed by atoms with Crippen molar-refractivity contribution in [2.45, 2.75) is 13.0 Å². The van der Waals surface area contributed by atoms with E-state index in [1.165, 1.54) is 0 Å². The molecule has 1 amide bonds. The van der Waals surface area contributed by atoms with Crippen LogP contribution in [-0.4, -0.2) is 77.3 Å². The van der Waals surface area contributed by atoms with E-state index in [0.717, 1.165) is 65.0 Å². The van der Waals surface area contributed by atoms with Gasteiger partial charge in [0.2, 0.25) is 0 Å². The van der Waals surface area contributed by atoms with Gasteiger partial charge in [-0.1, -0.05) is 0 Å². The fraction of sp³-hybridized carbons (Fsp3) is 0.267. The van der Waals surface area contributed by atoms with Crippen molar-refractivity contribution in [1.29, 1.82) is 0 Å². The maximum atomic E-state index is 14.1. The molecule has 1 saturated heterocycles. The minimum absolute atomic E-state index is 0.0267. The van der Waals surface area contributed by atoms with E-state index in [0.29, 0.717) is 4.48 Å². The number of rotatable bonds is 5.